The molecule has 5 nitrogen and oxygen atoms in total. The molecule has 1 aliphatic rings. The number of carbonyl (C=O) groups excluding carboxylic acids is 1. The van der Waals surface area contributed by atoms with Gasteiger partial charge >= 0.3 is 0 Å². The third-order valence-electron chi connectivity index (χ3n) is 3.41. The lowest BCUT2D eigenvalue weighted by atomic mass is 9.80. The molecule has 0 bridgehead atoms. The minimum absolute atomic E-state index is 0.0209. The van der Waals surface area contributed by atoms with Gasteiger partial charge in [-0.2, -0.15) is 0 Å². The summed E-state index contributed by atoms with van der Waals surface area (Å²) in [5.41, 5.74) is 0.529. The van der Waals surface area contributed by atoms with Gasteiger partial charge in [0.1, 0.15) is 6.10 Å². The quantitative estimate of drug-likeness (QED) is 0.609. The number of rotatable bonds is 3. The maximum Gasteiger partial charge on any atom is 0.273 e. The van der Waals surface area contributed by atoms with E-state index in [4.69, 9.17) is 4.74 Å². The van der Waals surface area contributed by atoms with E-state index in [0.717, 1.165) is 6.42 Å². The molecule has 0 saturated heterocycles. The lowest BCUT2D eigenvalue weighted by Gasteiger charge is -2.26. The fraction of sp³-hybridized carbons (Fsp3) is 0.462. The van der Waals surface area contributed by atoms with Crippen molar-refractivity contribution < 1.29 is 14.5 Å². The second kappa shape index (κ2) is 5.27. The molecular formula is C13H15NO4. The number of ether oxygens (including phenoxy) is 1. The Morgan fingerprint density at radius 3 is 2.72 bits per heavy atom. The summed E-state index contributed by atoms with van der Waals surface area (Å²) in [5, 5.41) is 11.0. The third-order valence-corrected chi connectivity index (χ3v) is 3.41. The van der Waals surface area contributed by atoms with Crippen molar-refractivity contribution >= 4 is 11.5 Å². The highest BCUT2D eigenvalue weighted by Gasteiger charge is 2.35. The Bertz CT molecular complexity index is 472. The molecule has 18 heavy (non-hydrogen) atoms. The van der Waals surface area contributed by atoms with E-state index in [1.54, 1.807) is 18.2 Å². The smallest absolute Gasteiger partial charge is 0.273 e. The number of benzene rings is 1. The first-order chi connectivity index (χ1) is 8.65. The molecule has 2 unspecified atom stereocenters. The van der Waals surface area contributed by atoms with Crippen molar-refractivity contribution in [2.24, 2.45) is 0 Å². The van der Waals surface area contributed by atoms with Gasteiger partial charge in [0.25, 0.3) is 5.69 Å². The first-order valence-electron chi connectivity index (χ1n) is 5.95. The maximum atomic E-state index is 12.2. The van der Waals surface area contributed by atoms with Crippen LogP contribution in [-0.4, -0.2) is 23.9 Å². The average molecular weight is 249 g/mol. The molecule has 0 N–H and O–H groups in total. The summed E-state index contributed by atoms with van der Waals surface area (Å²) in [6.45, 7) is 0. The summed E-state index contributed by atoms with van der Waals surface area (Å²) >= 11 is 0. The normalized spacial score (nSPS) is 23.9. The molecule has 0 radical (unpaired) electrons. The van der Waals surface area contributed by atoms with Crippen LogP contribution in [0.4, 0.5) is 5.69 Å². The standard InChI is InChI=1S/C13H15NO4/c1-18-12-8-4-6-10(13(12)15)9-5-2-3-7-11(9)14(16)17/h2-3,5,7,10,12H,4,6,8H2,1H3. The van der Waals surface area contributed by atoms with E-state index in [0.29, 0.717) is 18.4 Å². The topological polar surface area (TPSA) is 69.4 Å². The molecule has 1 saturated carbocycles. The molecule has 2 atom stereocenters. The Kier molecular flexibility index (Phi) is 3.72. The predicted octanol–water partition coefficient (Wildman–Crippen LogP) is 2.45. The number of carbonyl (C=O) groups is 1. The second-order valence-corrected chi connectivity index (χ2v) is 4.43. The zero-order valence-corrected chi connectivity index (χ0v) is 10.2. The van der Waals surface area contributed by atoms with E-state index in [2.05, 4.69) is 0 Å². The third kappa shape index (κ3) is 2.26. The summed E-state index contributed by atoms with van der Waals surface area (Å²) in [4.78, 5) is 22.7. The van der Waals surface area contributed by atoms with E-state index in [1.165, 1.54) is 13.2 Å². The Morgan fingerprint density at radius 2 is 2.06 bits per heavy atom. The second-order valence-electron chi connectivity index (χ2n) is 4.43. The number of hydrogen-bond acceptors (Lipinski definition) is 4. The van der Waals surface area contributed by atoms with Gasteiger partial charge in [0.05, 0.1) is 10.8 Å². The van der Waals surface area contributed by atoms with Crippen molar-refractivity contribution in [2.75, 3.05) is 7.11 Å². The van der Waals surface area contributed by atoms with Crippen LogP contribution in [0.2, 0.25) is 0 Å². The molecule has 5 heteroatoms. The molecule has 0 heterocycles. The van der Waals surface area contributed by atoms with Crippen molar-refractivity contribution in [3.63, 3.8) is 0 Å². The first-order valence-corrected chi connectivity index (χ1v) is 5.95. The molecule has 0 amide bonds. The first kappa shape index (κ1) is 12.7. The molecule has 1 aromatic carbocycles. The molecule has 2 rings (SSSR count). The fourth-order valence-electron chi connectivity index (χ4n) is 2.51. The highest BCUT2D eigenvalue weighted by atomic mass is 16.6. The largest absolute Gasteiger partial charge is 0.374 e. The van der Waals surface area contributed by atoms with Crippen LogP contribution in [0.25, 0.3) is 0 Å². The predicted molar refractivity (Wildman–Crippen MR) is 65.5 cm³/mol. The zero-order chi connectivity index (χ0) is 13.1. The van der Waals surface area contributed by atoms with Gasteiger partial charge in [-0.25, -0.2) is 0 Å². The molecule has 1 aliphatic carbocycles. The SMILES string of the molecule is COC1CCCC(c2ccccc2[N+](=O)[O-])C1=O. The summed E-state index contributed by atoms with van der Waals surface area (Å²) in [6, 6.07) is 6.45. The number of methoxy groups -OCH3 is 1. The van der Waals surface area contributed by atoms with E-state index in [9.17, 15) is 14.9 Å². The van der Waals surface area contributed by atoms with Gasteiger partial charge < -0.3 is 4.74 Å². The van der Waals surface area contributed by atoms with Crippen LogP contribution in [0.3, 0.4) is 0 Å². The van der Waals surface area contributed by atoms with E-state index in [1.807, 2.05) is 0 Å². The highest BCUT2D eigenvalue weighted by molar-refractivity contribution is 5.91. The molecule has 0 aromatic heterocycles. The van der Waals surface area contributed by atoms with Gasteiger partial charge in [0.15, 0.2) is 5.78 Å². The van der Waals surface area contributed by atoms with E-state index < -0.39 is 16.9 Å². The van der Waals surface area contributed by atoms with Crippen LogP contribution in [0.1, 0.15) is 30.7 Å². The Labute approximate surface area is 105 Å². The van der Waals surface area contributed by atoms with Gasteiger partial charge in [-0.05, 0) is 19.3 Å². The van der Waals surface area contributed by atoms with Crippen LogP contribution in [-0.2, 0) is 9.53 Å². The van der Waals surface area contributed by atoms with Gasteiger partial charge in [0, 0.05) is 18.7 Å². The Morgan fingerprint density at radius 1 is 1.33 bits per heavy atom. The number of hydrogen-bond donors (Lipinski definition) is 0. The Hall–Kier alpha value is -1.75. The molecule has 96 valence electrons. The van der Waals surface area contributed by atoms with Crippen molar-refractivity contribution in [3.8, 4) is 0 Å². The molecule has 0 spiro atoms. The van der Waals surface area contributed by atoms with Crippen LogP contribution in [0.15, 0.2) is 24.3 Å². The van der Waals surface area contributed by atoms with Gasteiger partial charge in [-0.1, -0.05) is 18.2 Å². The number of ketones is 1. The number of nitrogens with zero attached hydrogens (tertiary/aromatic N) is 1. The van der Waals surface area contributed by atoms with Crippen molar-refractivity contribution in [2.45, 2.75) is 31.3 Å². The number of para-hydroxylation sites is 1. The minimum Gasteiger partial charge on any atom is -0.374 e. The lowest BCUT2D eigenvalue weighted by molar-refractivity contribution is -0.385. The summed E-state index contributed by atoms with van der Waals surface area (Å²) in [7, 11) is 1.50. The van der Waals surface area contributed by atoms with Gasteiger partial charge in [0.2, 0.25) is 0 Å². The Balaban J connectivity index is 2.36. The number of nitro benzene ring substituents is 1. The van der Waals surface area contributed by atoms with Crippen LogP contribution < -0.4 is 0 Å². The number of Topliss-reactive ketones (excluding diaryl/α,β-unsaturated/α-hetero) is 1. The molecule has 1 fully saturated rings. The van der Waals surface area contributed by atoms with E-state index in [-0.39, 0.29) is 11.5 Å². The van der Waals surface area contributed by atoms with Crippen molar-refractivity contribution in [1.82, 2.24) is 0 Å². The summed E-state index contributed by atoms with van der Waals surface area (Å²) < 4.78 is 5.14. The van der Waals surface area contributed by atoms with Crippen molar-refractivity contribution in [1.29, 1.82) is 0 Å². The van der Waals surface area contributed by atoms with Gasteiger partial charge in [-0.15, -0.1) is 0 Å². The summed E-state index contributed by atoms with van der Waals surface area (Å²) in [6.07, 6.45) is 1.78. The molecule has 0 aliphatic heterocycles. The van der Waals surface area contributed by atoms with Gasteiger partial charge in [-0.3, -0.25) is 14.9 Å². The van der Waals surface area contributed by atoms with Crippen LogP contribution in [0, 0.1) is 10.1 Å². The fourth-order valence-corrected chi connectivity index (χ4v) is 2.51. The minimum atomic E-state index is -0.432. The highest BCUT2D eigenvalue weighted by Crippen LogP contribution is 2.35. The zero-order valence-electron chi connectivity index (χ0n) is 10.2. The van der Waals surface area contributed by atoms with Crippen molar-refractivity contribution in [3.05, 3.63) is 39.9 Å². The van der Waals surface area contributed by atoms with Crippen LogP contribution in [0.5, 0.6) is 0 Å². The average Bonchev–Trinajstić information content (AvgIpc) is 2.39. The lowest BCUT2D eigenvalue weighted by Crippen LogP contribution is -2.33. The number of nitro groups is 1. The van der Waals surface area contributed by atoms with E-state index >= 15 is 0 Å². The molecule has 1 aromatic rings. The monoisotopic (exact) mass is 249 g/mol. The summed E-state index contributed by atoms with van der Waals surface area (Å²) in [5.74, 6) is -0.455. The van der Waals surface area contributed by atoms with Crippen LogP contribution >= 0.6 is 0 Å². The molecular weight excluding hydrogens is 234 g/mol. The maximum absolute atomic E-state index is 12.2.